The quantitative estimate of drug-likeness (QED) is 0.727. The van der Waals surface area contributed by atoms with Crippen LogP contribution in [0.1, 0.15) is 40.5 Å². The maximum Gasteiger partial charge on any atom is 0.237 e. The molecule has 1 heterocycles. The van der Waals surface area contributed by atoms with E-state index in [4.69, 9.17) is 5.73 Å². The molecule has 3 N–H and O–H groups in total. The predicted octanol–water partition coefficient (Wildman–Crippen LogP) is 0.713. The van der Waals surface area contributed by atoms with Crippen molar-refractivity contribution in [2.75, 3.05) is 13.1 Å². The van der Waals surface area contributed by atoms with Gasteiger partial charge in [0.05, 0.1) is 6.04 Å². The molecule has 1 atom stereocenters. The summed E-state index contributed by atoms with van der Waals surface area (Å²) in [7, 11) is 0. The molecular formula is C12H25N3O. The third kappa shape index (κ3) is 3.19. The molecule has 1 amide bonds. The normalized spacial score (nSPS) is 21.6. The number of hydrogen-bond donors (Lipinski definition) is 2. The summed E-state index contributed by atoms with van der Waals surface area (Å²) in [5, 5.41) is 2.93. The Bertz CT molecular complexity index is 247. The lowest BCUT2D eigenvalue weighted by Crippen LogP contribution is -2.70. The lowest BCUT2D eigenvalue weighted by molar-refractivity contribution is -0.129. The zero-order valence-electron chi connectivity index (χ0n) is 10.9. The van der Waals surface area contributed by atoms with E-state index in [1.807, 2.05) is 20.8 Å². The van der Waals surface area contributed by atoms with Gasteiger partial charge in [0.1, 0.15) is 0 Å². The minimum absolute atomic E-state index is 0.0544. The van der Waals surface area contributed by atoms with E-state index < -0.39 is 0 Å². The zero-order valence-corrected chi connectivity index (χ0v) is 10.9. The van der Waals surface area contributed by atoms with Crippen molar-refractivity contribution in [3.63, 3.8) is 0 Å². The second kappa shape index (κ2) is 5.15. The standard InChI is InChI=1S/C12H25N3O/c1-5-6-12(13)7-15(8-12)10(4)11(16)14-9(2)3/h9-10H,5-8,13H2,1-4H3,(H,14,16). The molecule has 0 aromatic heterocycles. The van der Waals surface area contributed by atoms with Crippen LogP contribution in [-0.4, -0.2) is 41.5 Å². The summed E-state index contributed by atoms with van der Waals surface area (Å²) in [6.07, 6.45) is 2.15. The first-order valence-corrected chi connectivity index (χ1v) is 6.21. The molecule has 4 heteroatoms. The van der Waals surface area contributed by atoms with Crippen molar-refractivity contribution < 1.29 is 4.79 Å². The minimum atomic E-state index is -0.0593. The molecule has 1 aliphatic rings. The maximum atomic E-state index is 11.8. The Morgan fingerprint density at radius 3 is 2.44 bits per heavy atom. The van der Waals surface area contributed by atoms with E-state index in [1.54, 1.807) is 0 Å². The van der Waals surface area contributed by atoms with Crippen LogP contribution < -0.4 is 11.1 Å². The number of nitrogens with zero attached hydrogens (tertiary/aromatic N) is 1. The third-order valence-corrected chi connectivity index (χ3v) is 3.14. The second-order valence-corrected chi connectivity index (χ2v) is 5.36. The van der Waals surface area contributed by atoms with Gasteiger partial charge in [-0.15, -0.1) is 0 Å². The topological polar surface area (TPSA) is 58.4 Å². The summed E-state index contributed by atoms with van der Waals surface area (Å²) in [5.41, 5.74) is 6.12. The van der Waals surface area contributed by atoms with Gasteiger partial charge in [0.15, 0.2) is 0 Å². The molecule has 1 saturated heterocycles. The molecule has 16 heavy (non-hydrogen) atoms. The van der Waals surface area contributed by atoms with Gasteiger partial charge >= 0.3 is 0 Å². The molecule has 0 bridgehead atoms. The van der Waals surface area contributed by atoms with Crippen LogP contribution in [0.25, 0.3) is 0 Å². The average molecular weight is 227 g/mol. The van der Waals surface area contributed by atoms with Crippen LogP contribution in [-0.2, 0) is 4.79 Å². The first kappa shape index (κ1) is 13.5. The third-order valence-electron chi connectivity index (χ3n) is 3.14. The highest BCUT2D eigenvalue weighted by atomic mass is 16.2. The van der Waals surface area contributed by atoms with Crippen LogP contribution in [0.5, 0.6) is 0 Å². The Hall–Kier alpha value is -0.610. The SMILES string of the molecule is CCCC1(N)CN(C(C)C(=O)NC(C)C)C1. The number of carbonyl (C=O) groups is 1. The van der Waals surface area contributed by atoms with Gasteiger partial charge in [-0.25, -0.2) is 0 Å². The number of rotatable bonds is 5. The molecule has 0 radical (unpaired) electrons. The van der Waals surface area contributed by atoms with Gasteiger partial charge in [0.2, 0.25) is 5.91 Å². The summed E-state index contributed by atoms with van der Waals surface area (Å²) in [6, 6.07) is 0.144. The van der Waals surface area contributed by atoms with Crippen molar-refractivity contribution in [2.24, 2.45) is 5.73 Å². The Labute approximate surface area is 98.6 Å². The number of amides is 1. The van der Waals surface area contributed by atoms with E-state index in [-0.39, 0.29) is 23.5 Å². The molecule has 1 rings (SSSR count). The fourth-order valence-corrected chi connectivity index (χ4v) is 2.26. The molecule has 0 aromatic rings. The van der Waals surface area contributed by atoms with Gasteiger partial charge in [0, 0.05) is 24.7 Å². The van der Waals surface area contributed by atoms with E-state index >= 15 is 0 Å². The molecule has 1 aliphatic heterocycles. The molecular weight excluding hydrogens is 202 g/mol. The molecule has 0 spiro atoms. The summed E-state index contributed by atoms with van der Waals surface area (Å²) >= 11 is 0. The lowest BCUT2D eigenvalue weighted by atomic mass is 9.85. The fourth-order valence-electron chi connectivity index (χ4n) is 2.26. The Morgan fingerprint density at radius 1 is 1.44 bits per heavy atom. The molecule has 4 nitrogen and oxygen atoms in total. The molecule has 1 fully saturated rings. The van der Waals surface area contributed by atoms with Crippen molar-refractivity contribution in [1.29, 1.82) is 0 Å². The monoisotopic (exact) mass is 227 g/mol. The summed E-state index contributed by atoms with van der Waals surface area (Å²) in [6.45, 7) is 9.73. The van der Waals surface area contributed by atoms with E-state index in [2.05, 4.69) is 17.1 Å². The molecule has 0 saturated carbocycles. The van der Waals surface area contributed by atoms with Crippen LogP contribution in [0.4, 0.5) is 0 Å². The molecule has 0 aromatic carbocycles. The fraction of sp³-hybridized carbons (Fsp3) is 0.917. The number of hydrogen-bond acceptors (Lipinski definition) is 3. The molecule has 1 unspecified atom stereocenters. The number of nitrogens with one attached hydrogen (secondary N) is 1. The minimum Gasteiger partial charge on any atom is -0.353 e. The summed E-state index contributed by atoms with van der Waals surface area (Å²) < 4.78 is 0. The van der Waals surface area contributed by atoms with Crippen molar-refractivity contribution in [3.05, 3.63) is 0 Å². The van der Waals surface area contributed by atoms with Crippen molar-refractivity contribution in [2.45, 2.75) is 58.2 Å². The lowest BCUT2D eigenvalue weighted by Gasteiger charge is -2.50. The van der Waals surface area contributed by atoms with E-state index in [0.717, 1.165) is 25.9 Å². The van der Waals surface area contributed by atoms with Crippen molar-refractivity contribution in [1.82, 2.24) is 10.2 Å². The Balaban J connectivity index is 2.36. The molecule has 0 aliphatic carbocycles. The highest BCUT2D eigenvalue weighted by Crippen LogP contribution is 2.25. The predicted molar refractivity (Wildman–Crippen MR) is 66.1 cm³/mol. The average Bonchev–Trinajstić information content (AvgIpc) is 2.12. The summed E-state index contributed by atoms with van der Waals surface area (Å²) in [5.74, 6) is 0.105. The van der Waals surface area contributed by atoms with Gasteiger partial charge in [-0.2, -0.15) is 0 Å². The second-order valence-electron chi connectivity index (χ2n) is 5.36. The van der Waals surface area contributed by atoms with Crippen LogP contribution >= 0.6 is 0 Å². The smallest absolute Gasteiger partial charge is 0.237 e. The van der Waals surface area contributed by atoms with Gasteiger partial charge in [-0.05, 0) is 27.2 Å². The van der Waals surface area contributed by atoms with Gasteiger partial charge in [0.25, 0.3) is 0 Å². The van der Waals surface area contributed by atoms with Crippen molar-refractivity contribution >= 4 is 5.91 Å². The van der Waals surface area contributed by atoms with Gasteiger partial charge < -0.3 is 11.1 Å². The first-order valence-electron chi connectivity index (χ1n) is 6.21. The van der Waals surface area contributed by atoms with Gasteiger partial charge in [-0.1, -0.05) is 13.3 Å². The molecule has 94 valence electrons. The largest absolute Gasteiger partial charge is 0.353 e. The van der Waals surface area contributed by atoms with Crippen LogP contribution in [0.15, 0.2) is 0 Å². The van der Waals surface area contributed by atoms with Crippen molar-refractivity contribution in [3.8, 4) is 0 Å². The van der Waals surface area contributed by atoms with Crippen LogP contribution in [0.3, 0.4) is 0 Å². The van der Waals surface area contributed by atoms with Crippen LogP contribution in [0.2, 0.25) is 0 Å². The maximum absolute atomic E-state index is 11.8. The first-order chi connectivity index (χ1) is 7.38. The Kier molecular flexibility index (Phi) is 4.33. The van der Waals surface area contributed by atoms with Gasteiger partial charge in [-0.3, -0.25) is 9.69 Å². The zero-order chi connectivity index (χ0) is 12.3. The highest BCUT2D eigenvalue weighted by Gasteiger charge is 2.42. The van der Waals surface area contributed by atoms with E-state index in [0.29, 0.717) is 0 Å². The summed E-state index contributed by atoms with van der Waals surface area (Å²) in [4.78, 5) is 13.9. The number of likely N-dealkylation sites (tertiary alicyclic amines) is 1. The highest BCUT2D eigenvalue weighted by molar-refractivity contribution is 5.81. The van der Waals surface area contributed by atoms with E-state index in [1.165, 1.54) is 0 Å². The number of carbonyl (C=O) groups excluding carboxylic acids is 1. The number of nitrogens with two attached hydrogens (primary N) is 1. The van der Waals surface area contributed by atoms with E-state index in [9.17, 15) is 4.79 Å². The van der Waals surface area contributed by atoms with Crippen LogP contribution in [0, 0.1) is 0 Å². The Morgan fingerprint density at radius 2 is 2.00 bits per heavy atom.